The Hall–Kier alpha value is -0.790. The van der Waals surface area contributed by atoms with E-state index in [-0.39, 0.29) is 37.0 Å². The van der Waals surface area contributed by atoms with Crippen molar-refractivity contribution in [3.63, 3.8) is 0 Å². The second-order valence-corrected chi connectivity index (χ2v) is 6.74. The van der Waals surface area contributed by atoms with E-state index in [0.717, 1.165) is 4.90 Å². The van der Waals surface area contributed by atoms with Crippen molar-refractivity contribution in [2.45, 2.75) is 6.92 Å². The maximum atomic E-state index is 12.6. The van der Waals surface area contributed by atoms with Crippen LogP contribution in [0.15, 0.2) is 4.47 Å². The van der Waals surface area contributed by atoms with Crippen molar-refractivity contribution in [2.24, 2.45) is 0 Å². The summed E-state index contributed by atoms with van der Waals surface area (Å²) in [6.45, 7) is 1.73. The van der Waals surface area contributed by atoms with Gasteiger partial charge < -0.3 is 0 Å². The molecule has 0 atom stereocenters. The molecular formula is C12H4BrCl4N3O2. The topological polar surface area (TPSA) is 66.1 Å². The number of aromatic nitrogens is 2. The van der Waals surface area contributed by atoms with Crippen LogP contribution in [0.3, 0.4) is 0 Å². The largest absolute Gasteiger partial charge is 0.280 e. The standard InChI is InChI=1S/C12H4BrCl4N3O2/c1-2-5(13)10(19-18-2)20-11(21)3-4(12(20)22)7(15)9(17)8(16)6(3)14/h1H3,(H,18,19). The maximum Gasteiger partial charge on any atom is 0.269 e. The molecule has 2 aromatic rings. The highest BCUT2D eigenvalue weighted by Crippen LogP contribution is 2.46. The molecule has 3 rings (SSSR count). The zero-order chi connectivity index (χ0) is 16.3. The van der Waals surface area contributed by atoms with E-state index < -0.39 is 11.8 Å². The summed E-state index contributed by atoms with van der Waals surface area (Å²) in [7, 11) is 0. The molecular weight excluding hydrogens is 440 g/mol. The summed E-state index contributed by atoms with van der Waals surface area (Å²) in [5, 5.41) is 6.23. The van der Waals surface area contributed by atoms with Gasteiger partial charge in [0.15, 0.2) is 5.82 Å². The number of hydrogen-bond donors (Lipinski definition) is 1. The first-order chi connectivity index (χ1) is 10.3. The van der Waals surface area contributed by atoms with E-state index in [0.29, 0.717) is 10.2 Å². The number of hydrogen-bond acceptors (Lipinski definition) is 3. The zero-order valence-electron chi connectivity index (χ0n) is 10.6. The molecule has 1 aromatic carbocycles. The summed E-state index contributed by atoms with van der Waals surface area (Å²) in [4.78, 5) is 26.0. The monoisotopic (exact) mass is 441 g/mol. The fourth-order valence-electron chi connectivity index (χ4n) is 2.09. The third-order valence-electron chi connectivity index (χ3n) is 3.17. The van der Waals surface area contributed by atoms with Crippen LogP contribution >= 0.6 is 62.3 Å². The molecule has 0 fully saturated rings. The number of imide groups is 1. The predicted molar refractivity (Wildman–Crippen MR) is 88.6 cm³/mol. The van der Waals surface area contributed by atoms with Gasteiger partial charge in [0.1, 0.15) is 0 Å². The van der Waals surface area contributed by atoms with Gasteiger partial charge in [-0.25, -0.2) is 4.90 Å². The van der Waals surface area contributed by atoms with Crippen LogP contribution in [-0.4, -0.2) is 22.0 Å². The van der Waals surface area contributed by atoms with E-state index in [1.54, 1.807) is 6.92 Å². The van der Waals surface area contributed by atoms with Crippen molar-refractivity contribution in [1.82, 2.24) is 10.2 Å². The molecule has 22 heavy (non-hydrogen) atoms. The Kier molecular flexibility index (Phi) is 3.94. The van der Waals surface area contributed by atoms with E-state index >= 15 is 0 Å². The number of halogens is 5. The van der Waals surface area contributed by atoms with Crippen LogP contribution in [0.1, 0.15) is 26.4 Å². The average molecular weight is 444 g/mol. The SMILES string of the molecule is Cc1[nH]nc(N2C(=O)c3c(Cl)c(Cl)c(Cl)c(Cl)c3C2=O)c1Br. The van der Waals surface area contributed by atoms with Gasteiger partial charge in [-0.2, -0.15) is 5.10 Å². The third-order valence-corrected chi connectivity index (χ3v) is 5.92. The first-order valence-corrected chi connectivity index (χ1v) is 8.03. The van der Waals surface area contributed by atoms with E-state index in [9.17, 15) is 9.59 Å². The van der Waals surface area contributed by atoms with Crippen molar-refractivity contribution in [3.05, 3.63) is 41.4 Å². The van der Waals surface area contributed by atoms with Crippen LogP contribution in [0.2, 0.25) is 20.1 Å². The molecule has 1 aliphatic rings. The number of aryl methyl sites for hydroxylation is 1. The molecule has 1 N–H and O–H groups in total. The fraction of sp³-hybridized carbons (Fsp3) is 0.0833. The molecule has 1 aliphatic heterocycles. The Bertz CT molecular complexity index is 818. The van der Waals surface area contributed by atoms with Crippen LogP contribution in [-0.2, 0) is 0 Å². The number of benzene rings is 1. The summed E-state index contributed by atoms with van der Waals surface area (Å²) in [6.07, 6.45) is 0. The maximum absolute atomic E-state index is 12.6. The molecule has 0 unspecified atom stereocenters. The van der Waals surface area contributed by atoms with Gasteiger partial charge in [0.25, 0.3) is 11.8 Å². The summed E-state index contributed by atoms with van der Waals surface area (Å²) in [5.41, 5.74) is 0.483. The number of aromatic amines is 1. The Morgan fingerprint density at radius 2 is 1.41 bits per heavy atom. The van der Waals surface area contributed by atoms with Crippen LogP contribution in [0.25, 0.3) is 0 Å². The van der Waals surface area contributed by atoms with Gasteiger partial charge in [0, 0.05) is 5.69 Å². The Morgan fingerprint density at radius 1 is 0.955 bits per heavy atom. The number of H-pyrrole nitrogens is 1. The molecule has 10 heteroatoms. The quantitative estimate of drug-likeness (QED) is 0.387. The molecule has 0 radical (unpaired) electrons. The highest BCUT2D eigenvalue weighted by molar-refractivity contribution is 9.10. The van der Waals surface area contributed by atoms with Gasteiger partial charge >= 0.3 is 0 Å². The number of fused-ring (bicyclic) bond motifs is 1. The lowest BCUT2D eigenvalue weighted by Gasteiger charge is -2.10. The number of nitrogens with zero attached hydrogens (tertiary/aromatic N) is 2. The summed E-state index contributed by atoms with van der Waals surface area (Å²) in [6, 6.07) is 0. The molecule has 0 saturated carbocycles. The van der Waals surface area contributed by atoms with Crippen molar-refractivity contribution in [2.75, 3.05) is 4.90 Å². The van der Waals surface area contributed by atoms with E-state index in [1.807, 2.05) is 0 Å². The van der Waals surface area contributed by atoms with E-state index in [4.69, 9.17) is 46.4 Å². The van der Waals surface area contributed by atoms with Crippen molar-refractivity contribution in [1.29, 1.82) is 0 Å². The summed E-state index contributed by atoms with van der Waals surface area (Å²) >= 11 is 27.3. The molecule has 2 amide bonds. The molecule has 5 nitrogen and oxygen atoms in total. The molecule has 0 spiro atoms. The van der Waals surface area contributed by atoms with Gasteiger partial charge in [-0.3, -0.25) is 14.7 Å². The lowest BCUT2D eigenvalue weighted by atomic mass is 10.1. The number of anilines is 1. The van der Waals surface area contributed by atoms with Crippen LogP contribution in [0, 0.1) is 6.92 Å². The van der Waals surface area contributed by atoms with Gasteiger partial charge in [-0.1, -0.05) is 46.4 Å². The molecule has 0 aliphatic carbocycles. The van der Waals surface area contributed by atoms with Crippen molar-refractivity contribution in [3.8, 4) is 0 Å². The highest BCUT2D eigenvalue weighted by Gasteiger charge is 2.44. The van der Waals surface area contributed by atoms with Gasteiger partial charge in [-0.05, 0) is 22.9 Å². The van der Waals surface area contributed by atoms with Crippen molar-refractivity contribution >= 4 is 80.0 Å². The fourth-order valence-corrected chi connectivity index (χ4v) is 3.46. The van der Waals surface area contributed by atoms with Crippen LogP contribution < -0.4 is 4.90 Å². The number of carbonyl (C=O) groups is 2. The van der Waals surface area contributed by atoms with E-state index in [1.165, 1.54) is 0 Å². The minimum absolute atomic E-state index is 0.0765. The Balaban J connectivity index is 2.28. The zero-order valence-corrected chi connectivity index (χ0v) is 15.2. The van der Waals surface area contributed by atoms with Gasteiger partial charge in [-0.15, -0.1) is 0 Å². The average Bonchev–Trinajstić information content (AvgIpc) is 2.93. The number of carbonyl (C=O) groups excluding carboxylic acids is 2. The van der Waals surface area contributed by atoms with Crippen molar-refractivity contribution < 1.29 is 9.59 Å². The minimum Gasteiger partial charge on any atom is -0.280 e. The molecule has 2 heterocycles. The number of nitrogens with one attached hydrogen (secondary N) is 1. The van der Waals surface area contributed by atoms with E-state index in [2.05, 4.69) is 26.1 Å². The highest BCUT2D eigenvalue weighted by atomic mass is 79.9. The first kappa shape index (κ1) is 16.1. The van der Waals surface area contributed by atoms with Gasteiger partial charge in [0.2, 0.25) is 0 Å². The number of amides is 2. The lowest BCUT2D eigenvalue weighted by molar-refractivity contribution is 0.0925. The molecule has 0 saturated heterocycles. The molecule has 1 aromatic heterocycles. The van der Waals surface area contributed by atoms with Crippen LogP contribution in [0.5, 0.6) is 0 Å². The minimum atomic E-state index is -0.669. The first-order valence-electron chi connectivity index (χ1n) is 5.72. The lowest BCUT2D eigenvalue weighted by Crippen LogP contribution is -2.30. The molecule has 0 bridgehead atoms. The Morgan fingerprint density at radius 3 is 1.77 bits per heavy atom. The summed E-state index contributed by atoms with van der Waals surface area (Å²) < 4.78 is 0.478. The predicted octanol–water partition coefficient (Wildman–Crippen LogP) is 4.89. The van der Waals surface area contributed by atoms with Gasteiger partial charge in [0.05, 0.1) is 35.7 Å². The Labute approximate surface area is 152 Å². The second kappa shape index (κ2) is 5.39. The normalized spacial score (nSPS) is 14.0. The molecule has 114 valence electrons. The van der Waals surface area contributed by atoms with Crippen LogP contribution in [0.4, 0.5) is 5.82 Å². The smallest absolute Gasteiger partial charge is 0.269 e. The number of rotatable bonds is 1. The third kappa shape index (κ3) is 2.02. The second-order valence-electron chi connectivity index (χ2n) is 4.44. The summed E-state index contributed by atoms with van der Waals surface area (Å²) in [5.74, 6) is -1.22.